The third kappa shape index (κ3) is 3.07. The number of amides is 1. The maximum absolute atomic E-state index is 12.3. The number of hydrogen-bond donors (Lipinski definition) is 1. The van der Waals surface area contributed by atoms with E-state index in [2.05, 4.69) is 27.3 Å². The van der Waals surface area contributed by atoms with Gasteiger partial charge in [0.05, 0.1) is 0 Å². The van der Waals surface area contributed by atoms with Crippen LogP contribution in [0.2, 0.25) is 0 Å². The molecule has 0 radical (unpaired) electrons. The summed E-state index contributed by atoms with van der Waals surface area (Å²) in [5.74, 6) is 0.756. The molecule has 1 aliphatic carbocycles. The molecule has 0 bridgehead atoms. The average Bonchev–Trinajstić information content (AvgIpc) is 3.31. The number of piperazine rings is 1. The Morgan fingerprint density at radius 1 is 1.25 bits per heavy atom. The van der Waals surface area contributed by atoms with Crippen molar-refractivity contribution in [1.29, 1.82) is 0 Å². The molecule has 0 aromatic carbocycles. The molecule has 2 heterocycles. The Bertz CT molecular complexity index is 463. The van der Waals surface area contributed by atoms with Crippen LogP contribution >= 0.6 is 0 Å². The Hall–Kier alpha value is -1.69. The van der Waals surface area contributed by atoms with Crippen LogP contribution in [0, 0.1) is 0 Å². The van der Waals surface area contributed by atoms with E-state index in [0.29, 0.717) is 11.7 Å². The van der Waals surface area contributed by atoms with Crippen LogP contribution in [0.15, 0.2) is 12.1 Å². The van der Waals surface area contributed by atoms with Gasteiger partial charge >= 0.3 is 0 Å². The van der Waals surface area contributed by atoms with Crippen LogP contribution in [0.3, 0.4) is 0 Å². The summed E-state index contributed by atoms with van der Waals surface area (Å²) in [6.07, 6.45) is 2.40. The first kappa shape index (κ1) is 13.3. The molecule has 2 fully saturated rings. The molecule has 0 unspecified atom stereocenters. The van der Waals surface area contributed by atoms with Gasteiger partial charge in [-0.2, -0.15) is 0 Å². The van der Waals surface area contributed by atoms with Gasteiger partial charge in [0, 0.05) is 32.2 Å². The second-order valence-electron chi connectivity index (χ2n) is 5.45. The highest BCUT2D eigenvalue weighted by atomic mass is 16.2. The topological polar surface area (TPSA) is 61.4 Å². The van der Waals surface area contributed by atoms with Crippen molar-refractivity contribution in [2.75, 3.05) is 38.0 Å². The van der Waals surface area contributed by atoms with Crippen molar-refractivity contribution in [1.82, 2.24) is 20.0 Å². The molecule has 1 saturated carbocycles. The van der Waals surface area contributed by atoms with Gasteiger partial charge in [0.2, 0.25) is 0 Å². The zero-order chi connectivity index (χ0) is 13.9. The van der Waals surface area contributed by atoms with E-state index in [-0.39, 0.29) is 5.91 Å². The maximum Gasteiger partial charge on any atom is 0.274 e. The summed E-state index contributed by atoms with van der Waals surface area (Å²) < 4.78 is 0. The van der Waals surface area contributed by atoms with Crippen LogP contribution in [0.5, 0.6) is 0 Å². The average molecular weight is 275 g/mol. The summed E-state index contributed by atoms with van der Waals surface area (Å²) in [5.41, 5.74) is 0.441. The van der Waals surface area contributed by atoms with Crippen molar-refractivity contribution in [2.24, 2.45) is 0 Å². The molecule has 3 rings (SSSR count). The first-order chi connectivity index (χ1) is 9.76. The summed E-state index contributed by atoms with van der Waals surface area (Å²) in [6, 6.07) is 4.17. The molecule has 20 heavy (non-hydrogen) atoms. The quantitative estimate of drug-likeness (QED) is 0.882. The lowest BCUT2D eigenvalue weighted by molar-refractivity contribution is 0.0636. The number of carbonyl (C=O) groups excluding carboxylic acids is 1. The highest BCUT2D eigenvalue weighted by Gasteiger charge is 2.24. The Morgan fingerprint density at radius 2 is 2.00 bits per heavy atom. The van der Waals surface area contributed by atoms with E-state index in [0.717, 1.165) is 38.5 Å². The van der Waals surface area contributed by atoms with E-state index in [4.69, 9.17) is 0 Å². The minimum atomic E-state index is -0.00812. The van der Waals surface area contributed by atoms with E-state index in [1.807, 2.05) is 11.0 Å². The van der Waals surface area contributed by atoms with Gasteiger partial charge in [0.1, 0.15) is 5.82 Å². The SMILES string of the molecule is CCN1CCN(C(=O)c2ccc(NC3CC3)nn2)CC1. The Labute approximate surface area is 119 Å². The van der Waals surface area contributed by atoms with E-state index in [1.54, 1.807) is 6.07 Å². The van der Waals surface area contributed by atoms with Crippen LogP contribution in [0.25, 0.3) is 0 Å². The standard InChI is InChI=1S/C14H21N5O/c1-2-18-7-9-19(10-8-18)14(20)12-5-6-13(17-16-12)15-11-3-4-11/h5-6,11H,2-4,7-10H2,1H3,(H,15,17). The molecule has 0 atom stereocenters. The minimum absolute atomic E-state index is 0.00812. The van der Waals surface area contributed by atoms with Crippen molar-refractivity contribution in [3.8, 4) is 0 Å². The lowest BCUT2D eigenvalue weighted by atomic mass is 10.2. The largest absolute Gasteiger partial charge is 0.366 e. The summed E-state index contributed by atoms with van der Waals surface area (Å²) in [5, 5.41) is 11.4. The predicted molar refractivity (Wildman–Crippen MR) is 76.7 cm³/mol. The molecule has 1 saturated heterocycles. The fourth-order valence-corrected chi connectivity index (χ4v) is 2.39. The fourth-order valence-electron chi connectivity index (χ4n) is 2.39. The van der Waals surface area contributed by atoms with Crippen LogP contribution in [-0.4, -0.2) is 64.7 Å². The first-order valence-corrected chi connectivity index (χ1v) is 7.38. The molecule has 6 heteroatoms. The maximum atomic E-state index is 12.3. The number of aromatic nitrogens is 2. The number of nitrogens with zero attached hydrogens (tertiary/aromatic N) is 4. The lowest BCUT2D eigenvalue weighted by Gasteiger charge is -2.33. The van der Waals surface area contributed by atoms with Gasteiger partial charge in [-0.15, -0.1) is 10.2 Å². The van der Waals surface area contributed by atoms with Gasteiger partial charge in [0.15, 0.2) is 5.69 Å². The lowest BCUT2D eigenvalue weighted by Crippen LogP contribution is -2.48. The number of anilines is 1. The monoisotopic (exact) mass is 275 g/mol. The van der Waals surface area contributed by atoms with Gasteiger partial charge in [-0.05, 0) is 31.5 Å². The first-order valence-electron chi connectivity index (χ1n) is 7.38. The van der Waals surface area contributed by atoms with E-state index >= 15 is 0 Å². The molecule has 1 aliphatic heterocycles. The van der Waals surface area contributed by atoms with Crippen molar-refractivity contribution >= 4 is 11.7 Å². The minimum Gasteiger partial charge on any atom is -0.366 e. The summed E-state index contributed by atoms with van der Waals surface area (Å²) in [6.45, 7) is 6.62. The van der Waals surface area contributed by atoms with Crippen molar-refractivity contribution < 1.29 is 4.79 Å². The van der Waals surface area contributed by atoms with Crippen LogP contribution in [-0.2, 0) is 0 Å². The smallest absolute Gasteiger partial charge is 0.274 e. The van der Waals surface area contributed by atoms with Crippen LogP contribution < -0.4 is 5.32 Å². The second kappa shape index (κ2) is 5.75. The molecular formula is C14H21N5O. The summed E-state index contributed by atoms with van der Waals surface area (Å²) in [4.78, 5) is 16.5. The Kier molecular flexibility index (Phi) is 3.82. The van der Waals surface area contributed by atoms with Gasteiger partial charge in [-0.1, -0.05) is 6.92 Å². The zero-order valence-electron chi connectivity index (χ0n) is 11.9. The van der Waals surface area contributed by atoms with Crippen molar-refractivity contribution in [3.63, 3.8) is 0 Å². The molecule has 0 spiro atoms. The number of likely N-dealkylation sites (N-methyl/N-ethyl adjacent to an activating group) is 1. The summed E-state index contributed by atoms with van der Waals surface area (Å²) in [7, 11) is 0. The van der Waals surface area contributed by atoms with E-state index < -0.39 is 0 Å². The third-order valence-electron chi connectivity index (χ3n) is 3.92. The Morgan fingerprint density at radius 3 is 2.55 bits per heavy atom. The van der Waals surface area contributed by atoms with Gasteiger partial charge in [-0.3, -0.25) is 4.79 Å². The molecule has 1 amide bonds. The Balaban J connectivity index is 1.58. The summed E-state index contributed by atoms with van der Waals surface area (Å²) >= 11 is 0. The molecule has 1 N–H and O–H groups in total. The molecule has 2 aliphatic rings. The molecular weight excluding hydrogens is 254 g/mol. The molecule has 1 aromatic heterocycles. The number of rotatable bonds is 4. The van der Waals surface area contributed by atoms with E-state index in [1.165, 1.54) is 12.8 Å². The fraction of sp³-hybridized carbons (Fsp3) is 0.643. The predicted octanol–water partition coefficient (Wildman–Crippen LogP) is 0.829. The second-order valence-corrected chi connectivity index (χ2v) is 5.45. The highest BCUT2D eigenvalue weighted by molar-refractivity contribution is 5.92. The molecule has 6 nitrogen and oxygen atoms in total. The number of nitrogens with one attached hydrogen (secondary N) is 1. The zero-order valence-corrected chi connectivity index (χ0v) is 11.9. The van der Waals surface area contributed by atoms with Crippen molar-refractivity contribution in [2.45, 2.75) is 25.8 Å². The van der Waals surface area contributed by atoms with Gasteiger partial charge < -0.3 is 15.1 Å². The van der Waals surface area contributed by atoms with Crippen LogP contribution in [0.1, 0.15) is 30.3 Å². The van der Waals surface area contributed by atoms with Crippen LogP contribution in [0.4, 0.5) is 5.82 Å². The van der Waals surface area contributed by atoms with Gasteiger partial charge in [0.25, 0.3) is 5.91 Å². The highest BCUT2D eigenvalue weighted by Crippen LogP contribution is 2.23. The normalized spacial score (nSPS) is 19.9. The van der Waals surface area contributed by atoms with Crippen molar-refractivity contribution in [3.05, 3.63) is 17.8 Å². The molecule has 108 valence electrons. The number of carbonyl (C=O) groups is 1. The van der Waals surface area contributed by atoms with Gasteiger partial charge in [-0.25, -0.2) is 0 Å². The third-order valence-corrected chi connectivity index (χ3v) is 3.92. The molecule has 1 aromatic rings. The number of hydrogen-bond acceptors (Lipinski definition) is 5. The van der Waals surface area contributed by atoms with E-state index in [9.17, 15) is 4.79 Å².